The lowest BCUT2D eigenvalue weighted by Crippen LogP contribution is -2.45. The Bertz CT molecular complexity index is 376. The summed E-state index contributed by atoms with van der Waals surface area (Å²) in [5.74, 6) is -0.306. The van der Waals surface area contributed by atoms with Crippen LogP contribution in [0.5, 0.6) is 0 Å². The minimum atomic E-state index is -0.500. The maximum absolute atomic E-state index is 13.3. The highest BCUT2D eigenvalue weighted by atomic mass is 19.1. The van der Waals surface area contributed by atoms with Crippen molar-refractivity contribution in [3.05, 3.63) is 12.0 Å². The molecule has 0 atom stereocenters. The standard InChI is InChI=1S/C10H15FN4O/c1-16-10(3-2-4-10)6-14-8-7(11)5-13-9(12)15-8/h5H,2-4,6H2,1H3,(H3,12,13,14,15). The second-order valence-corrected chi connectivity index (χ2v) is 4.02. The van der Waals surface area contributed by atoms with Crippen LogP contribution in [0.2, 0.25) is 0 Å². The van der Waals surface area contributed by atoms with Gasteiger partial charge in [-0.2, -0.15) is 4.98 Å². The van der Waals surface area contributed by atoms with E-state index in [2.05, 4.69) is 15.3 Å². The van der Waals surface area contributed by atoms with E-state index in [0.29, 0.717) is 6.54 Å². The largest absolute Gasteiger partial charge is 0.376 e. The lowest BCUT2D eigenvalue weighted by atomic mass is 9.80. The summed E-state index contributed by atoms with van der Waals surface area (Å²) in [7, 11) is 1.67. The van der Waals surface area contributed by atoms with E-state index in [-0.39, 0.29) is 17.4 Å². The van der Waals surface area contributed by atoms with Gasteiger partial charge in [-0.1, -0.05) is 0 Å². The molecule has 0 aliphatic heterocycles. The summed E-state index contributed by atoms with van der Waals surface area (Å²) in [5.41, 5.74) is 5.21. The first-order valence-electron chi connectivity index (χ1n) is 5.22. The van der Waals surface area contributed by atoms with Crippen molar-refractivity contribution in [1.82, 2.24) is 9.97 Å². The Morgan fingerprint density at radius 1 is 1.62 bits per heavy atom. The number of ether oxygens (including phenoxy) is 1. The maximum atomic E-state index is 13.3. The molecule has 0 bridgehead atoms. The van der Waals surface area contributed by atoms with E-state index in [1.54, 1.807) is 7.11 Å². The summed E-state index contributed by atoms with van der Waals surface area (Å²) in [4.78, 5) is 7.35. The molecule has 6 heteroatoms. The van der Waals surface area contributed by atoms with E-state index in [9.17, 15) is 4.39 Å². The van der Waals surface area contributed by atoms with Gasteiger partial charge in [-0.25, -0.2) is 9.37 Å². The zero-order chi connectivity index (χ0) is 11.6. The molecule has 5 nitrogen and oxygen atoms in total. The highest BCUT2D eigenvalue weighted by molar-refractivity contribution is 5.39. The van der Waals surface area contributed by atoms with Crippen molar-refractivity contribution in [2.75, 3.05) is 24.7 Å². The van der Waals surface area contributed by atoms with Gasteiger partial charge in [-0.15, -0.1) is 0 Å². The fourth-order valence-electron chi connectivity index (χ4n) is 1.77. The predicted molar refractivity (Wildman–Crippen MR) is 58.5 cm³/mol. The number of nitrogens with one attached hydrogen (secondary N) is 1. The molecule has 1 fully saturated rings. The van der Waals surface area contributed by atoms with E-state index < -0.39 is 5.82 Å². The van der Waals surface area contributed by atoms with Crippen molar-refractivity contribution in [1.29, 1.82) is 0 Å². The SMILES string of the molecule is COC1(CNc2nc(N)ncc2F)CCC1. The highest BCUT2D eigenvalue weighted by Gasteiger charge is 2.36. The number of nitrogens with two attached hydrogens (primary N) is 1. The maximum Gasteiger partial charge on any atom is 0.222 e. The van der Waals surface area contributed by atoms with Crippen LogP contribution in [-0.4, -0.2) is 29.2 Å². The molecule has 16 heavy (non-hydrogen) atoms. The number of hydrogen-bond acceptors (Lipinski definition) is 5. The molecule has 0 aromatic carbocycles. The van der Waals surface area contributed by atoms with Crippen LogP contribution in [0.15, 0.2) is 6.20 Å². The second-order valence-electron chi connectivity index (χ2n) is 4.02. The fraction of sp³-hybridized carbons (Fsp3) is 0.600. The zero-order valence-electron chi connectivity index (χ0n) is 9.16. The first kappa shape index (κ1) is 11.1. The average Bonchev–Trinajstić information content (AvgIpc) is 2.22. The van der Waals surface area contributed by atoms with Crippen LogP contribution in [0.1, 0.15) is 19.3 Å². The lowest BCUT2D eigenvalue weighted by Gasteiger charge is -2.40. The van der Waals surface area contributed by atoms with Crippen LogP contribution >= 0.6 is 0 Å². The number of halogens is 1. The molecule has 1 heterocycles. The number of hydrogen-bond donors (Lipinski definition) is 2. The third-order valence-corrected chi connectivity index (χ3v) is 3.04. The van der Waals surface area contributed by atoms with Gasteiger partial charge in [0.15, 0.2) is 11.6 Å². The summed E-state index contributed by atoms with van der Waals surface area (Å²) in [6, 6.07) is 0. The van der Waals surface area contributed by atoms with E-state index in [1.165, 1.54) is 0 Å². The van der Waals surface area contributed by atoms with E-state index in [0.717, 1.165) is 25.5 Å². The van der Waals surface area contributed by atoms with Gasteiger partial charge in [0.25, 0.3) is 0 Å². The fourth-order valence-corrected chi connectivity index (χ4v) is 1.77. The van der Waals surface area contributed by atoms with Gasteiger partial charge in [0.05, 0.1) is 11.8 Å². The van der Waals surface area contributed by atoms with Crippen LogP contribution in [-0.2, 0) is 4.74 Å². The Morgan fingerprint density at radius 2 is 2.38 bits per heavy atom. The summed E-state index contributed by atoms with van der Waals surface area (Å²) in [6.45, 7) is 0.539. The highest BCUT2D eigenvalue weighted by Crippen LogP contribution is 2.35. The Kier molecular flexibility index (Phi) is 2.91. The molecule has 88 valence electrons. The summed E-state index contributed by atoms with van der Waals surface area (Å²) in [5, 5.41) is 2.92. The minimum absolute atomic E-state index is 0.0592. The van der Waals surface area contributed by atoms with Gasteiger partial charge in [0.1, 0.15) is 0 Å². The minimum Gasteiger partial charge on any atom is -0.376 e. The lowest BCUT2D eigenvalue weighted by molar-refractivity contribution is -0.0602. The second kappa shape index (κ2) is 4.21. The normalized spacial score (nSPS) is 17.9. The van der Waals surface area contributed by atoms with Gasteiger partial charge < -0.3 is 15.8 Å². The van der Waals surface area contributed by atoms with Crippen molar-refractivity contribution in [3.8, 4) is 0 Å². The summed E-state index contributed by atoms with van der Waals surface area (Å²) in [6.07, 6.45) is 4.17. The Labute approximate surface area is 93.2 Å². The number of anilines is 2. The third kappa shape index (κ3) is 2.06. The van der Waals surface area contributed by atoms with Crippen molar-refractivity contribution >= 4 is 11.8 Å². The number of nitrogen functional groups attached to an aromatic ring is 1. The Balaban J connectivity index is 2.01. The Hall–Kier alpha value is -1.43. The van der Waals surface area contributed by atoms with Gasteiger partial charge in [0, 0.05) is 13.7 Å². The predicted octanol–water partition coefficient (Wildman–Crippen LogP) is 1.18. The monoisotopic (exact) mass is 226 g/mol. The van der Waals surface area contributed by atoms with Crippen LogP contribution in [0.25, 0.3) is 0 Å². The Morgan fingerprint density at radius 3 is 2.94 bits per heavy atom. The number of methoxy groups -OCH3 is 1. The molecule has 0 radical (unpaired) electrons. The summed E-state index contributed by atoms with van der Waals surface area (Å²) < 4.78 is 18.7. The molecule has 1 aromatic heterocycles. The molecule has 0 unspecified atom stereocenters. The van der Waals surface area contributed by atoms with Gasteiger partial charge in [-0.05, 0) is 19.3 Å². The number of nitrogens with zero attached hydrogens (tertiary/aromatic N) is 2. The van der Waals surface area contributed by atoms with E-state index in [1.807, 2.05) is 0 Å². The molecule has 0 amide bonds. The molecule has 1 aliphatic carbocycles. The number of rotatable bonds is 4. The van der Waals surface area contributed by atoms with Crippen LogP contribution in [0.3, 0.4) is 0 Å². The van der Waals surface area contributed by atoms with Crippen molar-refractivity contribution in [2.45, 2.75) is 24.9 Å². The van der Waals surface area contributed by atoms with Gasteiger partial charge >= 0.3 is 0 Å². The zero-order valence-corrected chi connectivity index (χ0v) is 9.16. The van der Waals surface area contributed by atoms with Crippen LogP contribution in [0.4, 0.5) is 16.2 Å². The molecule has 1 aromatic rings. The molecule has 1 saturated carbocycles. The molecular weight excluding hydrogens is 211 g/mol. The quantitative estimate of drug-likeness (QED) is 0.806. The van der Waals surface area contributed by atoms with Crippen LogP contribution < -0.4 is 11.1 Å². The van der Waals surface area contributed by atoms with E-state index >= 15 is 0 Å². The molecule has 0 spiro atoms. The molecule has 1 aliphatic rings. The topological polar surface area (TPSA) is 73.1 Å². The first-order chi connectivity index (χ1) is 7.65. The van der Waals surface area contributed by atoms with Gasteiger partial charge in [0.2, 0.25) is 5.95 Å². The summed E-state index contributed by atoms with van der Waals surface area (Å²) >= 11 is 0. The van der Waals surface area contributed by atoms with Crippen molar-refractivity contribution in [2.24, 2.45) is 0 Å². The number of aromatic nitrogens is 2. The third-order valence-electron chi connectivity index (χ3n) is 3.04. The molecule has 3 N–H and O–H groups in total. The smallest absolute Gasteiger partial charge is 0.222 e. The van der Waals surface area contributed by atoms with Crippen molar-refractivity contribution in [3.63, 3.8) is 0 Å². The molecule has 2 rings (SSSR count). The van der Waals surface area contributed by atoms with Crippen molar-refractivity contribution < 1.29 is 9.13 Å². The van der Waals surface area contributed by atoms with Gasteiger partial charge in [-0.3, -0.25) is 0 Å². The molecular formula is C10H15FN4O. The average molecular weight is 226 g/mol. The van der Waals surface area contributed by atoms with Crippen LogP contribution in [0, 0.1) is 5.82 Å². The van der Waals surface area contributed by atoms with E-state index in [4.69, 9.17) is 10.5 Å². The first-order valence-corrected chi connectivity index (χ1v) is 5.22. The molecule has 0 saturated heterocycles.